The van der Waals surface area contributed by atoms with Crippen LogP contribution in [0.2, 0.25) is 0 Å². The summed E-state index contributed by atoms with van der Waals surface area (Å²) in [7, 11) is 0. The van der Waals surface area contributed by atoms with Crippen molar-refractivity contribution >= 4 is 23.1 Å². The number of carbonyl (C=O) groups is 1. The van der Waals surface area contributed by atoms with E-state index in [0.717, 1.165) is 5.57 Å². The van der Waals surface area contributed by atoms with Gasteiger partial charge in [0.1, 0.15) is 5.82 Å². The van der Waals surface area contributed by atoms with Gasteiger partial charge in [-0.25, -0.2) is 24.1 Å². The van der Waals surface area contributed by atoms with Crippen LogP contribution in [0.4, 0.5) is 20.7 Å². The predicted molar refractivity (Wildman–Crippen MR) is 107 cm³/mol. The van der Waals surface area contributed by atoms with Gasteiger partial charge in [0.2, 0.25) is 5.82 Å². The number of rotatable bonds is 4. The summed E-state index contributed by atoms with van der Waals surface area (Å²) in [5, 5.41) is 13.9. The summed E-state index contributed by atoms with van der Waals surface area (Å²) in [4.78, 5) is 37.4. The first-order valence-corrected chi connectivity index (χ1v) is 8.95. The van der Waals surface area contributed by atoms with E-state index in [0.29, 0.717) is 23.6 Å². The van der Waals surface area contributed by atoms with Crippen LogP contribution in [0.1, 0.15) is 5.82 Å². The number of nitrogens with zero attached hydrogens (tertiary/aromatic N) is 5. The maximum atomic E-state index is 13.2. The molecule has 0 aliphatic carbocycles. The van der Waals surface area contributed by atoms with Gasteiger partial charge in [-0.05, 0) is 36.4 Å². The van der Waals surface area contributed by atoms with Gasteiger partial charge < -0.3 is 4.90 Å². The van der Waals surface area contributed by atoms with E-state index in [9.17, 15) is 19.3 Å². The Labute approximate surface area is 170 Å². The molecule has 0 saturated heterocycles. The van der Waals surface area contributed by atoms with E-state index in [-0.39, 0.29) is 18.1 Å². The SMILES string of the molecule is O=C(Nc1nc(-c2ccc(F)cc2)ccc1[N+](=O)[O-])N1CC=C(c2ncccn2)C1. The number of benzene rings is 1. The molecule has 10 heteroatoms. The molecule has 1 aliphatic heterocycles. The molecule has 2 amide bonds. The number of amides is 2. The first-order chi connectivity index (χ1) is 14.5. The number of hydrogen-bond donors (Lipinski definition) is 1. The maximum Gasteiger partial charge on any atom is 0.323 e. The van der Waals surface area contributed by atoms with Gasteiger partial charge in [-0.2, -0.15) is 0 Å². The molecule has 4 rings (SSSR count). The third-order valence-corrected chi connectivity index (χ3v) is 4.50. The second kappa shape index (κ2) is 8.03. The lowest BCUT2D eigenvalue weighted by Gasteiger charge is -2.17. The van der Waals surface area contributed by atoms with Crippen LogP contribution < -0.4 is 5.32 Å². The summed E-state index contributed by atoms with van der Waals surface area (Å²) in [6, 6.07) is 9.40. The van der Waals surface area contributed by atoms with Crippen LogP contribution in [-0.4, -0.2) is 43.9 Å². The van der Waals surface area contributed by atoms with Gasteiger partial charge in [-0.1, -0.05) is 6.08 Å². The monoisotopic (exact) mass is 406 g/mol. The second-order valence-corrected chi connectivity index (χ2v) is 6.44. The first kappa shape index (κ1) is 19.1. The van der Waals surface area contributed by atoms with Crippen molar-refractivity contribution in [1.29, 1.82) is 0 Å². The molecule has 1 aromatic carbocycles. The van der Waals surface area contributed by atoms with E-state index in [1.807, 2.05) is 6.08 Å². The van der Waals surface area contributed by atoms with Gasteiger partial charge in [0.05, 0.1) is 17.2 Å². The summed E-state index contributed by atoms with van der Waals surface area (Å²) < 4.78 is 13.2. The number of pyridine rings is 1. The molecule has 0 radical (unpaired) electrons. The van der Waals surface area contributed by atoms with E-state index in [2.05, 4.69) is 20.3 Å². The molecule has 150 valence electrons. The number of nitrogens with one attached hydrogen (secondary N) is 1. The van der Waals surface area contributed by atoms with Crippen molar-refractivity contribution in [2.24, 2.45) is 0 Å². The molecule has 0 atom stereocenters. The van der Waals surface area contributed by atoms with Crippen LogP contribution in [0.15, 0.2) is 60.9 Å². The molecule has 30 heavy (non-hydrogen) atoms. The Balaban J connectivity index is 1.54. The van der Waals surface area contributed by atoms with Crippen molar-refractivity contribution < 1.29 is 14.1 Å². The average Bonchev–Trinajstić information content (AvgIpc) is 3.25. The molecule has 0 unspecified atom stereocenters. The van der Waals surface area contributed by atoms with E-state index in [1.54, 1.807) is 18.5 Å². The fraction of sp³-hybridized carbons (Fsp3) is 0.100. The summed E-state index contributed by atoms with van der Waals surface area (Å²) in [6.07, 6.45) is 5.05. The van der Waals surface area contributed by atoms with Gasteiger partial charge in [-0.15, -0.1) is 0 Å². The maximum absolute atomic E-state index is 13.2. The summed E-state index contributed by atoms with van der Waals surface area (Å²) in [6.45, 7) is 0.576. The minimum atomic E-state index is -0.622. The van der Waals surface area contributed by atoms with Gasteiger partial charge in [0.15, 0.2) is 5.82 Å². The largest absolute Gasteiger partial charge is 0.323 e. The highest BCUT2D eigenvalue weighted by atomic mass is 19.1. The topological polar surface area (TPSA) is 114 Å². The standard InChI is InChI=1S/C20H15FN6O3/c21-15-4-2-13(3-5-15)16-6-7-17(27(29)30)19(24-16)25-20(28)26-11-8-14(12-26)18-22-9-1-10-23-18/h1-10H,11-12H2,(H,24,25,28). The summed E-state index contributed by atoms with van der Waals surface area (Å²) in [5.74, 6) is -0.0691. The van der Waals surface area contributed by atoms with E-state index in [4.69, 9.17) is 0 Å². The van der Waals surface area contributed by atoms with Gasteiger partial charge in [-0.3, -0.25) is 15.4 Å². The predicted octanol–water partition coefficient (Wildman–Crippen LogP) is 3.52. The van der Waals surface area contributed by atoms with Crippen molar-refractivity contribution in [3.8, 4) is 11.3 Å². The average molecular weight is 406 g/mol. The molecule has 0 saturated carbocycles. The Hall–Kier alpha value is -4.21. The molecule has 0 fully saturated rings. The Morgan fingerprint density at radius 2 is 1.87 bits per heavy atom. The number of anilines is 1. The van der Waals surface area contributed by atoms with E-state index >= 15 is 0 Å². The zero-order valence-corrected chi connectivity index (χ0v) is 15.5. The van der Waals surface area contributed by atoms with Crippen molar-refractivity contribution in [3.05, 3.63) is 82.7 Å². The molecule has 9 nitrogen and oxygen atoms in total. The first-order valence-electron chi connectivity index (χ1n) is 8.95. The Morgan fingerprint density at radius 3 is 2.57 bits per heavy atom. The molecule has 1 aliphatic rings. The minimum absolute atomic E-state index is 0.184. The summed E-state index contributed by atoms with van der Waals surface area (Å²) in [5.41, 5.74) is 1.38. The molecular formula is C20H15FN6O3. The number of aromatic nitrogens is 3. The number of urea groups is 1. The fourth-order valence-electron chi connectivity index (χ4n) is 2.99. The molecule has 2 aromatic heterocycles. The van der Waals surface area contributed by atoms with Gasteiger partial charge in [0, 0.05) is 36.1 Å². The lowest BCUT2D eigenvalue weighted by atomic mass is 10.1. The van der Waals surface area contributed by atoms with Crippen molar-refractivity contribution in [2.75, 3.05) is 18.4 Å². The van der Waals surface area contributed by atoms with Gasteiger partial charge in [0.25, 0.3) is 0 Å². The minimum Gasteiger partial charge on any atom is -0.316 e. The lowest BCUT2D eigenvalue weighted by Crippen LogP contribution is -2.33. The van der Waals surface area contributed by atoms with Crippen LogP contribution >= 0.6 is 0 Å². The normalized spacial score (nSPS) is 13.1. The van der Waals surface area contributed by atoms with Crippen LogP contribution in [-0.2, 0) is 0 Å². The quantitative estimate of drug-likeness (QED) is 0.524. The highest BCUT2D eigenvalue weighted by Crippen LogP contribution is 2.28. The molecule has 1 N–H and O–H groups in total. The van der Waals surface area contributed by atoms with E-state index in [1.165, 1.54) is 41.3 Å². The zero-order chi connectivity index (χ0) is 21.1. The Kier molecular flexibility index (Phi) is 5.12. The molecule has 3 aromatic rings. The smallest absolute Gasteiger partial charge is 0.316 e. The third kappa shape index (κ3) is 3.97. The van der Waals surface area contributed by atoms with Crippen LogP contribution in [0.25, 0.3) is 16.8 Å². The number of nitro groups is 1. The number of halogens is 1. The fourth-order valence-corrected chi connectivity index (χ4v) is 2.99. The van der Waals surface area contributed by atoms with E-state index < -0.39 is 16.8 Å². The van der Waals surface area contributed by atoms with Crippen LogP contribution in [0.3, 0.4) is 0 Å². The zero-order valence-electron chi connectivity index (χ0n) is 15.5. The van der Waals surface area contributed by atoms with Crippen LogP contribution in [0.5, 0.6) is 0 Å². The summed E-state index contributed by atoms with van der Waals surface area (Å²) >= 11 is 0. The highest BCUT2D eigenvalue weighted by molar-refractivity contribution is 5.92. The molecule has 0 spiro atoms. The van der Waals surface area contributed by atoms with Crippen molar-refractivity contribution in [2.45, 2.75) is 0 Å². The van der Waals surface area contributed by atoms with Crippen molar-refractivity contribution in [3.63, 3.8) is 0 Å². The molecular weight excluding hydrogens is 391 g/mol. The Bertz CT molecular complexity index is 1140. The number of hydrogen-bond acceptors (Lipinski definition) is 6. The molecule has 0 bridgehead atoms. The van der Waals surface area contributed by atoms with Crippen molar-refractivity contribution in [1.82, 2.24) is 19.9 Å². The second-order valence-electron chi connectivity index (χ2n) is 6.44. The molecule has 3 heterocycles. The third-order valence-electron chi connectivity index (χ3n) is 4.50. The number of carbonyl (C=O) groups excluding carboxylic acids is 1. The van der Waals surface area contributed by atoms with Gasteiger partial charge >= 0.3 is 11.7 Å². The van der Waals surface area contributed by atoms with Crippen LogP contribution in [0, 0.1) is 15.9 Å². The lowest BCUT2D eigenvalue weighted by molar-refractivity contribution is -0.384. The highest BCUT2D eigenvalue weighted by Gasteiger charge is 2.25. The Morgan fingerprint density at radius 1 is 1.13 bits per heavy atom.